The SMILES string of the molecule is CCC(C)(C)[C@H](NC(=O)c1ccc2ccc(C)nc2c1OCc1ccc(OC(F)(F)F)cc1)C(=O)O. The summed E-state index contributed by atoms with van der Waals surface area (Å²) in [4.78, 5) is 29.7. The van der Waals surface area contributed by atoms with E-state index in [0.717, 1.165) is 12.1 Å². The molecule has 0 aliphatic rings. The molecule has 0 aliphatic carbocycles. The second-order valence-electron chi connectivity index (χ2n) is 9.03. The topological polar surface area (TPSA) is 97.8 Å². The number of ether oxygens (including phenoxy) is 2. The Morgan fingerprint density at radius 1 is 1.06 bits per heavy atom. The highest BCUT2D eigenvalue weighted by atomic mass is 19.4. The van der Waals surface area contributed by atoms with Crippen LogP contribution in [0.4, 0.5) is 13.2 Å². The number of benzene rings is 2. The highest BCUT2D eigenvalue weighted by Crippen LogP contribution is 2.32. The number of nitrogens with one attached hydrogen (secondary N) is 1. The molecule has 0 radical (unpaired) electrons. The van der Waals surface area contributed by atoms with Crippen LogP contribution in [-0.4, -0.2) is 34.4 Å². The molecule has 2 N–H and O–H groups in total. The van der Waals surface area contributed by atoms with Crippen LogP contribution in [0.1, 0.15) is 48.8 Å². The third kappa shape index (κ3) is 6.44. The zero-order valence-corrected chi connectivity index (χ0v) is 20.3. The molecule has 0 aliphatic heterocycles. The summed E-state index contributed by atoms with van der Waals surface area (Å²) in [6.07, 6.45) is -4.28. The van der Waals surface area contributed by atoms with Crippen molar-refractivity contribution in [3.05, 3.63) is 65.4 Å². The molecule has 3 aromatic rings. The molecular weight excluding hydrogens is 477 g/mol. The lowest BCUT2D eigenvalue weighted by atomic mass is 9.81. The summed E-state index contributed by atoms with van der Waals surface area (Å²) in [6, 6.07) is 10.8. The molecule has 0 unspecified atom stereocenters. The normalized spacial score (nSPS) is 12.8. The van der Waals surface area contributed by atoms with Crippen molar-refractivity contribution in [3.8, 4) is 11.5 Å². The van der Waals surface area contributed by atoms with Gasteiger partial charge in [-0.2, -0.15) is 0 Å². The van der Waals surface area contributed by atoms with Gasteiger partial charge < -0.3 is 19.9 Å². The third-order valence-electron chi connectivity index (χ3n) is 5.95. The number of halogens is 3. The summed E-state index contributed by atoms with van der Waals surface area (Å²) < 4.78 is 47.1. The fraction of sp³-hybridized carbons (Fsp3) is 0.346. The van der Waals surface area contributed by atoms with E-state index in [2.05, 4.69) is 15.0 Å². The average Bonchev–Trinajstić information content (AvgIpc) is 2.80. The molecule has 192 valence electrons. The Labute approximate surface area is 206 Å². The van der Waals surface area contributed by atoms with Crippen LogP contribution in [0.25, 0.3) is 10.9 Å². The third-order valence-corrected chi connectivity index (χ3v) is 5.95. The van der Waals surface area contributed by atoms with Crippen LogP contribution in [0.3, 0.4) is 0 Å². The van der Waals surface area contributed by atoms with Gasteiger partial charge in [-0.25, -0.2) is 9.78 Å². The maximum absolute atomic E-state index is 13.3. The Balaban J connectivity index is 1.94. The van der Waals surface area contributed by atoms with Crippen molar-refractivity contribution in [2.24, 2.45) is 5.41 Å². The van der Waals surface area contributed by atoms with E-state index < -0.39 is 29.7 Å². The number of hydrogen-bond donors (Lipinski definition) is 2. The lowest BCUT2D eigenvalue weighted by Gasteiger charge is -2.31. The number of aromatic nitrogens is 1. The van der Waals surface area contributed by atoms with Gasteiger partial charge in [0.1, 0.15) is 23.9 Å². The van der Waals surface area contributed by atoms with E-state index >= 15 is 0 Å². The fourth-order valence-electron chi connectivity index (χ4n) is 3.53. The molecule has 36 heavy (non-hydrogen) atoms. The second-order valence-corrected chi connectivity index (χ2v) is 9.03. The molecule has 2 aromatic carbocycles. The standard InChI is InChI=1S/C26H27F3N2O5/c1-5-25(3,4)22(24(33)34)31-23(32)19-13-10-17-9-6-15(2)30-20(17)21(19)35-14-16-7-11-18(12-8-16)36-26(27,28)29/h6-13,22H,5,14H2,1-4H3,(H,31,32)(H,33,34)/t22-/m1/s1. The van der Waals surface area contributed by atoms with Gasteiger partial charge in [-0.3, -0.25) is 4.79 Å². The minimum atomic E-state index is -4.80. The molecule has 1 heterocycles. The van der Waals surface area contributed by atoms with Crippen LogP contribution in [-0.2, 0) is 11.4 Å². The van der Waals surface area contributed by atoms with Gasteiger partial charge in [-0.1, -0.05) is 45.0 Å². The van der Waals surface area contributed by atoms with Gasteiger partial charge in [-0.05, 0) is 48.6 Å². The zero-order valence-electron chi connectivity index (χ0n) is 20.3. The Morgan fingerprint density at radius 2 is 1.69 bits per heavy atom. The van der Waals surface area contributed by atoms with Crippen molar-refractivity contribution >= 4 is 22.8 Å². The van der Waals surface area contributed by atoms with Crippen molar-refractivity contribution in [3.63, 3.8) is 0 Å². The number of nitrogens with zero attached hydrogens (tertiary/aromatic N) is 1. The number of pyridine rings is 1. The van der Waals surface area contributed by atoms with Crippen molar-refractivity contribution in [1.29, 1.82) is 0 Å². The first kappa shape index (κ1) is 26.8. The number of amides is 1. The average molecular weight is 505 g/mol. The lowest BCUT2D eigenvalue weighted by Crippen LogP contribution is -2.50. The van der Waals surface area contributed by atoms with Crippen LogP contribution >= 0.6 is 0 Å². The van der Waals surface area contributed by atoms with Gasteiger partial charge in [0.25, 0.3) is 5.91 Å². The first-order valence-corrected chi connectivity index (χ1v) is 11.2. The van der Waals surface area contributed by atoms with E-state index in [1.165, 1.54) is 18.2 Å². The van der Waals surface area contributed by atoms with Crippen LogP contribution < -0.4 is 14.8 Å². The van der Waals surface area contributed by atoms with Crippen LogP contribution in [0.2, 0.25) is 0 Å². The number of hydrogen-bond acceptors (Lipinski definition) is 5. The molecule has 1 amide bonds. The Morgan fingerprint density at radius 3 is 2.28 bits per heavy atom. The van der Waals surface area contributed by atoms with Gasteiger partial charge in [0.05, 0.1) is 5.56 Å². The molecule has 1 aromatic heterocycles. The summed E-state index contributed by atoms with van der Waals surface area (Å²) in [5, 5.41) is 13.0. The highest BCUT2D eigenvalue weighted by molar-refractivity contribution is 6.04. The predicted octanol–water partition coefficient (Wildman–Crippen LogP) is 5.64. The minimum Gasteiger partial charge on any atom is -0.486 e. The van der Waals surface area contributed by atoms with E-state index in [1.54, 1.807) is 32.9 Å². The van der Waals surface area contributed by atoms with Crippen molar-refractivity contribution < 1.29 is 37.3 Å². The summed E-state index contributed by atoms with van der Waals surface area (Å²) in [5.74, 6) is -2.03. The van der Waals surface area contributed by atoms with Gasteiger partial charge in [-0.15, -0.1) is 13.2 Å². The molecule has 0 spiro atoms. The lowest BCUT2D eigenvalue weighted by molar-refractivity contribution is -0.274. The van der Waals surface area contributed by atoms with Gasteiger partial charge in [0.2, 0.25) is 0 Å². The van der Waals surface area contributed by atoms with Crippen LogP contribution in [0.15, 0.2) is 48.5 Å². The Hall–Kier alpha value is -3.82. The number of aryl methyl sites for hydroxylation is 1. The van der Waals surface area contributed by atoms with E-state index in [4.69, 9.17) is 4.74 Å². The van der Waals surface area contributed by atoms with Crippen molar-refractivity contribution in [1.82, 2.24) is 10.3 Å². The van der Waals surface area contributed by atoms with E-state index in [-0.39, 0.29) is 23.7 Å². The maximum atomic E-state index is 13.3. The number of carbonyl (C=O) groups is 2. The predicted molar refractivity (Wildman–Crippen MR) is 127 cm³/mol. The van der Waals surface area contributed by atoms with Crippen LogP contribution in [0.5, 0.6) is 11.5 Å². The molecule has 3 rings (SSSR count). The summed E-state index contributed by atoms with van der Waals surface area (Å²) in [6.45, 7) is 7.04. The highest BCUT2D eigenvalue weighted by Gasteiger charge is 2.36. The fourth-order valence-corrected chi connectivity index (χ4v) is 3.53. The number of carbonyl (C=O) groups excluding carboxylic acids is 1. The first-order chi connectivity index (χ1) is 16.8. The van der Waals surface area contributed by atoms with Crippen LogP contribution in [0, 0.1) is 12.3 Å². The largest absolute Gasteiger partial charge is 0.573 e. The molecule has 0 saturated heterocycles. The Kier molecular flexibility index (Phi) is 7.76. The van der Waals surface area contributed by atoms with Gasteiger partial charge in [0, 0.05) is 11.1 Å². The molecule has 0 bridgehead atoms. The molecular formula is C26H27F3N2O5. The van der Waals surface area contributed by atoms with Crippen molar-refractivity contribution in [2.75, 3.05) is 0 Å². The number of rotatable bonds is 9. The second kappa shape index (κ2) is 10.4. The quantitative estimate of drug-likeness (QED) is 0.391. The monoisotopic (exact) mass is 504 g/mol. The van der Waals surface area contributed by atoms with Crippen molar-refractivity contribution in [2.45, 2.75) is 53.1 Å². The number of carboxylic acid groups (broad SMARTS) is 1. The maximum Gasteiger partial charge on any atom is 0.573 e. The number of aliphatic carboxylic acids is 1. The number of alkyl halides is 3. The summed E-state index contributed by atoms with van der Waals surface area (Å²) in [5.41, 5.74) is 0.983. The molecule has 0 fully saturated rings. The number of carboxylic acids is 1. The Bertz CT molecular complexity index is 1260. The molecule has 7 nitrogen and oxygen atoms in total. The summed E-state index contributed by atoms with van der Waals surface area (Å²) in [7, 11) is 0. The molecule has 10 heteroatoms. The van der Waals surface area contributed by atoms with Gasteiger partial charge in [0.15, 0.2) is 5.75 Å². The minimum absolute atomic E-state index is 0.0792. The molecule has 0 saturated carbocycles. The smallest absolute Gasteiger partial charge is 0.486 e. The van der Waals surface area contributed by atoms with E-state index in [0.29, 0.717) is 28.6 Å². The zero-order chi connectivity index (χ0) is 26.7. The number of fused-ring (bicyclic) bond motifs is 1. The van der Waals surface area contributed by atoms with E-state index in [9.17, 15) is 27.9 Å². The molecule has 1 atom stereocenters. The first-order valence-electron chi connectivity index (χ1n) is 11.2. The summed E-state index contributed by atoms with van der Waals surface area (Å²) >= 11 is 0. The van der Waals surface area contributed by atoms with E-state index in [1.807, 2.05) is 13.0 Å². The van der Waals surface area contributed by atoms with Gasteiger partial charge >= 0.3 is 12.3 Å².